The van der Waals surface area contributed by atoms with Crippen molar-refractivity contribution in [3.05, 3.63) is 28.9 Å². The lowest BCUT2D eigenvalue weighted by molar-refractivity contribution is 0.826. The van der Waals surface area contributed by atoms with Gasteiger partial charge >= 0.3 is 0 Å². The fraction of sp³-hybridized carbons (Fsp3) is 0.364. The third-order valence-electron chi connectivity index (χ3n) is 2.14. The summed E-state index contributed by atoms with van der Waals surface area (Å²) < 4.78 is 1.29. The summed E-state index contributed by atoms with van der Waals surface area (Å²) in [6.45, 7) is 6.49. The fourth-order valence-electron chi connectivity index (χ4n) is 1.41. The number of pyridine rings is 1. The number of hydrogen-bond acceptors (Lipinski definition) is 2. The van der Waals surface area contributed by atoms with Gasteiger partial charge in [-0.25, -0.2) is 0 Å². The summed E-state index contributed by atoms with van der Waals surface area (Å²) in [5, 5.41) is 1.33. The summed E-state index contributed by atoms with van der Waals surface area (Å²) in [6, 6.07) is 4.43. The lowest BCUT2D eigenvalue weighted by atomic mass is 10.1. The number of nitrogens with zero attached hydrogens (tertiary/aromatic N) is 1. The Hall–Kier alpha value is -0.890. The number of rotatable bonds is 1. The summed E-state index contributed by atoms with van der Waals surface area (Å²) in [6.07, 6.45) is 1.99. The van der Waals surface area contributed by atoms with Crippen LogP contribution < -0.4 is 0 Å². The third-order valence-corrected chi connectivity index (χ3v) is 3.14. The van der Waals surface area contributed by atoms with Crippen molar-refractivity contribution in [3.8, 4) is 0 Å². The molecule has 0 atom stereocenters. The van der Waals surface area contributed by atoms with Crippen LogP contribution in [0.1, 0.15) is 30.3 Å². The summed E-state index contributed by atoms with van der Waals surface area (Å²) >= 11 is 1.81. The maximum Gasteiger partial charge on any atom is 0.0529 e. The highest BCUT2D eigenvalue weighted by molar-refractivity contribution is 7.18. The van der Waals surface area contributed by atoms with E-state index in [1.165, 1.54) is 20.7 Å². The fourth-order valence-corrected chi connectivity index (χ4v) is 2.29. The first-order chi connectivity index (χ1) is 6.16. The molecule has 0 radical (unpaired) electrons. The molecule has 0 aromatic carbocycles. The Morgan fingerprint density at radius 3 is 2.77 bits per heavy atom. The summed E-state index contributed by atoms with van der Waals surface area (Å²) in [7, 11) is 0. The van der Waals surface area contributed by atoms with E-state index in [1.807, 2.05) is 17.5 Å². The van der Waals surface area contributed by atoms with Crippen molar-refractivity contribution in [1.82, 2.24) is 4.98 Å². The van der Waals surface area contributed by atoms with E-state index in [-0.39, 0.29) is 0 Å². The molecule has 68 valence electrons. The molecule has 13 heavy (non-hydrogen) atoms. The smallest absolute Gasteiger partial charge is 0.0529 e. The van der Waals surface area contributed by atoms with E-state index in [0.29, 0.717) is 5.92 Å². The molecule has 2 aromatic rings. The minimum atomic E-state index is 0.518. The van der Waals surface area contributed by atoms with E-state index >= 15 is 0 Å². The van der Waals surface area contributed by atoms with Crippen LogP contribution >= 0.6 is 11.3 Å². The molecular weight excluding hydrogens is 178 g/mol. The summed E-state index contributed by atoms with van der Waals surface area (Å²) in [4.78, 5) is 5.79. The van der Waals surface area contributed by atoms with Crippen LogP contribution in [0.4, 0.5) is 0 Å². The zero-order chi connectivity index (χ0) is 9.42. The first kappa shape index (κ1) is 8.70. The minimum Gasteiger partial charge on any atom is -0.260 e. The van der Waals surface area contributed by atoms with Gasteiger partial charge in [0.15, 0.2) is 0 Å². The minimum absolute atomic E-state index is 0.518. The highest BCUT2D eigenvalue weighted by Gasteiger charge is 2.03. The highest BCUT2D eigenvalue weighted by atomic mass is 32.1. The molecule has 0 saturated carbocycles. The molecule has 0 spiro atoms. The predicted molar refractivity (Wildman–Crippen MR) is 58.4 cm³/mol. The molecule has 0 aliphatic carbocycles. The number of fused-ring (bicyclic) bond motifs is 1. The average molecular weight is 191 g/mol. The topological polar surface area (TPSA) is 12.9 Å². The molecule has 0 saturated heterocycles. The first-order valence-corrected chi connectivity index (χ1v) is 5.34. The van der Waals surface area contributed by atoms with Gasteiger partial charge in [-0.05, 0) is 30.4 Å². The molecule has 0 aliphatic rings. The second kappa shape index (κ2) is 3.11. The van der Waals surface area contributed by atoms with Gasteiger partial charge in [-0.1, -0.05) is 13.8 Å². The molecule has 2 aromatic heterocycles. The lowest BCUT2D eigenvalue weighted by Gasteiger charge is -2.02. The standard InChI is InChI=1S/C11H13NS/c1-7(2)10-5-9-4-8(3)13-11(9)6-12-10/h4-7H,1-3H3. The molecule has 1 nitrogen and oxygen atoms in total. The van der Waals surface area contributed by atoms with Gasteiger partial charge in [-0.2, -0.15) is 0 Å². The van der Waals surface area contributed by atoms with Crippen LogP contribution in [-0.2, 0) is 0 Å². The summed E-state index contributed by atoms with van der Waals surface area (Å²) in [5.41, 5.74) is 1.19. The van der Waals surface area contributed by atoms with Crippen molar-refractivity contribution < 1.29 is 0 Å². The van der Waals surface area contributed by atoms with Crippen LogP contribution in [0, 0.1) is 6.92 Å². The Labute approximate surface area is 82.4 Å². The third kappa shape index (κ3) is 1.59. The lowest BCUT2D eigenvalue weighted by Crippen LogP contribution is -1.89. The number of hydrogen-bond donors (Lipinski definition) is 0. The van der Waals surface area contributed by atoms with Crippen molar-refractivity contribution in [2.45, 2.75) is 26.7 Å². The van der Waals surface area contributed by atoms with Gasteiger partial charge < -0.3 is 0 Å². The SMILES string of the molecule is Cc1cc2cc(C(C)C)ncc2s1. The van der Waals surface area contributed by atoms with Gasteiger partial charge in [-0.3, -0.25) is 4.98 Å². The van der Waals surface area contributed by atoms with Crippen molar-refractivity contribution in [1.29, 1.82) is 0 Å². The maximum absolute atomic E-state index is 4.43. The van der Waals surface area contributed by atoms with Crippen molar-refractivity contribution in [2.24, 2.45) is 0 Å². The van der Waals surface area contributed by atoms with Gasteiger partial charge in [0.1, 0.15) is 0 Å². The normalized spacial score (nSPS) is 11.4. The molecular formula is C11H13NS. The van der Waals surface area contributed by atoms with Gasteiger partial charge in [-0.15, -0.1) is 11.3 Å². The first-order valence-electron chi connectivity index (χ1n) is 4.53. The maximum atomic E-state index is 4.43. The Kier molecular flexibility index (Phi) is 2.08. The van der Waals surface area contributed by atoms with Gasteiger partial charge in [0.05, 0.1) is 4.70 Å². The second-order valence-electron chi connectivity index (χ2n) is 3.66. The molecule has 0 unspecified atom stereocenters. The van der Waals surface area contributed by atoms with Gasteiger partial charge in [0.2, 0.25) is 0 Å². The molecule has 2 rings (SSSR count). The molecule has 0 N–H and O–H groups in total. The van der Waals surface area contributed by atoms with Crippen LogP contribution in [-0.4, -0.2) is 4.98 Å². The van der Waals surface area contributed by atoms with E-state index in [2.05, 4.69) is 37.9 Å². The van der Waals surface area contributed by atoms with Gasteiger partial charge in [0, 0.05) is 16.8 Å². The van der Waals surface area contributed by atoms with E-state index in [1.54, 1.807) is 0 Å². The Balaban J connectivity index is 2.61. The molecule has 2 heterocycles. The van der Waals surface area contributed by atoms with Gasteiger partial charge in [0.25, 0.3) is 0 Å². The molecule has 0 amide bonds. The quantitative estimate of drug-likeness (QED) is 0.669. The van der Waals surface area contributed by atoms with E-state index in [4.69, 9.17) is 0 Å². The Bertz CT molecular complexity index is 429. The number of aromatic nitrogens is 1. The van der Waals surface area contributed by atoms with Crippen LogP contribution in [0.2, 0.25) is 0 Å². The molecule has 0 fully saturated rings. The van der Waals surface area contributed by atoms with Crippen LogP contribution in [0.3, 0.4) is 0 Å². The highest BCUT2D eigenvalue weighted by Crippen LogP contribution is 2.26. The average Bonchev–Trinajstić information content (AvgIpc) is 2.42. The monoisotopic (exact) mass is 191 g/mol. The molecule has 2 heteroatoms. The Morgan fingerprint density at radius 1 is 1.31 bits per heavy atom. The van der Waals surface area contributed by atoms with Crippen LogP contribution in [0.15, 0.2) is 18.3 Å². The van der Waals surface area contributed by atoms with Crippen molar-refractivity contribution >= 4 is 21.4 Å². The second-order valence-corrected chi connectivity index (χ2v) is 4.95. The van der Waals surface area contributed by atoms with E-state index < -0.39 is 0 Å². The number of thiophene rings is 1. The number of aryl methyl sites for hydroxylation is 1. The van der Waals surface area contributed by atoms with Crippen LogP contribution in [0.25, 0.3) is 10.1 Å². The molecule has 0 aliphatic heterocycles. The van der Waals surface area contributed by atoms with Crippen molar-refractivity contribution in [2.75, 3.05) is 0 Å². The van der Waals surface area contributed by atoms with E-state index in [0.717, 1.165) is 0 Å². The largest absolute Gasteiger partial charge is 0.260 e. The molecule has 0 bridgehead atoms. The predicted octanol–water partition coefficient (Wildman–Crippen LogP) is 3.73. The zero-order valence-corrected chi connectivity index (χ0v) is 8.98. The van der Waals surface area contributed by atoms with Crippen LogP contribution in [0.5, 0.6) is 0 Å². The summed E-state index contributed by atoms with van der Waals surface area (Å²) in [5.74, 6) is 0.518. The van der Waals surface area contributed by atoms with E-state index in [9.17, 15) is 0 Å². The Morgan fingerprint density at radius 2 is 2.08 bits per heavy atom. The zero-order valence-electron chi connectivity index (χ0n) is 8.16. The van der Waals surface area contributed by atoms with Crippen molar-refractivity contribution in [3.63, 3.8) is 0 Å².